The van der Waals surface area contributed by atoms with Gasteiger partial charge in [0.05, 0.1) is 0 Å². The van der Waals surface area contributed by atoms with Gasteiger partial charge in [0, 0.05) is 16.9 Å². The lowest BCUT2D eigenvalue weighted by atomic mass is 10.0. The Morgan fingerprint density at radius 1 is 1.29 bits per heavy atom. The first-order chi connectivity index (χ1) is 18.2. The van der Waals surface area contributed by atoms with Gasteiger partial charge in [-0.2, -0.15) is 0 Å². The summed E-state index contributed by atoms with van der Waals surface area (Å²) in [6.45, 7) is 0. The van der Waals surface area contributed by atoms with Crippen molar-refractivity contribution in [2.24, 2.45) is 5.16 Å². The van der Waals surface area contributed by atoms with Gasteiger partial charge in [-0.3, -0.25) is 14.5 Å². The van der Waals surface area contributed by atoms with Crippen LogP contribution < -0.4 is 11.1 Å². The summed E-state index contributed by atoms with van der Waals surface area (Å²) in [6.07, 6.45) is 0. The summed E-state index contributed by atoms with van der Waals surface area (Å²) in [4.78, 5) is 54.2. The van der Waals surface area contributed by atoms with Gasteiger partial charge in [-0.05, 0) is 22.1 Å². The van der Waals surface area contributed by atoms with Crippen LogP contribution in [0.2, 0.25) is 0 Å². The SMILES string of the molecule is Nc1nc(C(=NO)C(=O)NC2C(=O)N3C(C(=O)O)=C(CSc4cc(C(=O)O)c5nnnn5n4)CS[C@@H]23)cs1. The molecule has 2 aliphatic heterocycles. The first-order valence-electron chi connectivity index (χ1n) is 10.3. The number of β-lactam (4-membered cyclic amide) rings is 1. The Morgan fingerprint density at radius 2 is 2.08 bits per heavy atom. The zero-order valence-electron chi connectivity index (χ0n) is 18.6. The number of hydrogen-bond donors (Lipinski definition) is 5. The van der Waals surface area contributed by atoms with Crippen molar-refractivity contribution in [3.63, 3.8) is 0 Å². The number of aromatic carboxylic acids is 1. The number of nitrogens with zero attached hydrogens (tertiary/aromatic N) is 8. The predicted octanol–water partition coefficient (Wildman–Crippen LogP) is -1.03. The topological polar surface area (TPSA) is 251 Å². The van der Waals surface area contributed by atoms with E-state index in [9.17, 15) is 34.6 Å². The standard InChI is InChI=1S/C18H14N10O7S3/c19-18-20-7(4-38-18)9(24-35)13(29)21-10-14(30)27-11(17(33)34)5(3-37-15(10)27)2-36-8-1-6(16(31)32)12-22-25-26-28(12)23-8/h1,4,10,15,35H,2-3H2,(H2,19,20)(H,21,29)(H,31,32)(H,33,34)/t10?,15-/m0/s1. The average Bonchev–Trinajstić information content (AvgIpc) is 3.54. The summed E-state index contributed by atoms with van der Waals surface area (Å²) < 4.78 is 0.958. The molecule has 2 atom stereocenters. The molecule has 0 bridgehead atoms. The summed E-state index contributed by atoms with van der Waals surface area (Å²) in [7, 11) is 0. The lowest BCUT2D eigenvalue weighted by molar-refractivity contribution is -0.150. The number of rotatable bonds is 8. The van der Waals surface area contributed by atoms with E-state index in [0.29, 0.717) is 5.57 Å². The van der Waals surface area contributed by atoms with Crippen LogP contribution in [0.4, 0.5) is 5.13 Å². The molecule has 1 fully saturated rings. The second-order valence-electron chi connectivity index (χ2n) is 7.62. The van der Waals surface area contributed by atoms with E-state index < -0.39 is 40.9 Å². The molecule has 0 radical (unpaired) electrons. The average molecular weight is 579 g/mol. The number of carbonyl (C=O) groups excluding carboxylic acids is 2. The molecule has 2 amide bonds. The minimum Gasteiger partial charge on any atom is -0.478 e. The fraction of sp³-hybridized carbons (Fsp3) is 0.222. The predicted molar refractivity (Wildman–Crippen MR) is 131 cm³/mol. The molecule has 1 saturated heterocycles. The number of amides is 2. The number of carboxylic acid groups (broad SMARTS) is 2. The zero-order valence-corrected chi connectivity index (χ0v) is 21.0. The van der Waals surface area contributed by atoms with Crippen molar-refractivity contribution in [1.82, 2.24) is 40.5 Å². The van der Waals surface area contributed by atoms with Crippen LogP contribution in [-0.4, -0.2) is 103 Å². The molecule has 5 rings (SSSR count). The highest BCUT2D eigenvalue weighted by Gasteiger charge is 2.54. The van der Waals surface area contributed by atoms with E-state index in [1.165, 1.54) is 23.2 Å². The van der Waals surface area contributed by atoms with Gasteiger partial charge in [-0.1, -0.05) is 16.9 Å². The van der Waals surface area contributed by atoms with Gasteiger partial charge in [0.15, 0.2) is 10.8 Å². The quantitative estimate of drug-likeness (QED) is 0.0704. The number of aliphatic carboxylic acids is 1. The van der Waals surface area contributed by atoms with Gasteiger partial charge in [-0.25, -0.2) is 14.6 Å². The molecule has 2 aliphatic rings. The Labute approximate surface area is 222 Å². The summed E-state index contributed by atoms with van der Waals surface area (Å²) in [6, 6.07) is 0.209. The van der Waals surface area contributed by atoms with E-state index in [2.05, 4.69) is 36.1 Å². The molecule has 0 aromatic carbocycles. The molecule has 3 aromatic rings. The third-order valence-corrected chi connectivity index (χ3v) is 8.40. The molecule has 20 heteroatoms. The van der Waals surface area contributed by atoms with Crippen molar-refractivity contribution < 1.29 is 34.6 Å². The molecule has 0 aliphatic carbocycles. The summed E-state index contributed by atoms with van der Waals surface area (Å²) >= 11 is 3.31. The van der Waals surface area contributed by atoms with Crippen LogP contribution in [0.5, 0.6) is 0 Å². The fourth-order valence-electron chi connectivity index (χ4n) is 3.72. The highest BCUT2D eigenvalue weighted by Crippen LogP contribution is 2.41. The van der Waals surface area contributed by atoms with Crippen LogP contribution in [-0.2, 0) is 14.4 Å². The molecule has 3 aromatic heterocycles. The third-order valence-electron chi connectivity index (χ3n) is 5.40. The first kappa shape index (κ1) is 25.4. The molecule has 6 N–H and O–H groups in total. The monoisotopic (exact) mass is 578 g/mol. The highest BCUT2D eigenvalue weighted by atomic mass is 32.2. The van der Waals surface area contributed by atoms with Crippen molar-refractivity contribution in [2.75, 3.05) is 17.2 Å². The van der Waals surface area contributed by atoms with Crippen molar-refractivity contribution in [1.29, 1.82) is 0 Å². The maximum atomic E-state index is 12.9. The molecular formula is C18H14N10O7S3. The number of nitrogens with one attached hydrogen (secondary N) is 1. The Kier molecular flexibility index (Phi) is 6.59. The number of nitrogens with two attached hydrogens (primary N) is 1. The van der Waals surface area contributed by atoms with Gasteiger partial charge in [0.2, 0.25) is 5.65 Å². The number of thioether (sulfide) groups is 2. The van der Waals surface area contributed by atoms with Crippen molar-refractivity contribution >= 4 is 75.1 Å². The van der Waals surface area contributed by atoms with Crippen LogP contribution >= 0.6 is 34.9 Å². The number of fused-ring (bicyclic) bond motifs is 2. The summed E-state index contributed by atoms with van der Waals surface area (Å²) in [5.74, 6) is -3.85. The largest absolute Gasteiger partial charge is 0.478 e. The van der Waals surface area contributed by atoms with E-state index >= 15 is 0 Å². The number of thiazole rings is 1. The van der Waals surface area contributed by atoms with Crippen molar-refractivity contribution in [3.05, 3.63) is 34.0 Å². The summed E-state index contributed by atoms with van der Waals surface area (Å²) in [5, 5.41) is 49.8. The molecular weight excluding hydrogens is 564 g/mol. The highest BCUT2D eigenvalue weighted by molar-refractivity contribution is 8.01. The van der Waals surface area contributed by atoms with Crippen LogP contribution in [0.15, 0.2) is 32.9 Å². The van der Waals surface area contributed by atoms with Gasteiger partial charge in [-0.15, -0.1) is 37.9 Å². The van der Waals surface area contributed by atoms with E-state index in [1.807, 2.05) is 0 Å². The molecule has 0 saturated carbocycles. The second-order valence-corrected chi connectivity index (χ2v) is 10.6. The smallest absolute Gasteiger partial charge is 0.352 e. The zero-order chi connectivity index (χ0) is 27.1. The normalized spacial score (nSPS) is 19.3. The second kappa shape index (κ2) is 9.87. The van der Waals surface area contributed by atoms with Crippen LogP contribution in [0.1, 0.15) is 16.1 Å². The van der Waals surface area contributed by atoms with Gasteiger partial charge in [0.25, 0.3) is 11.8 Å². The van der Waals surface area contributed by atoms with Gasteiger partial charge >= 0.3 is 11.9 Å². The maximum Gasteiger partial charge on any atom is 0.352 e. The number of carboxylic acids is 2. The maximum absolute atomic E-state index is 12.9. The third kappa shape index (κ3) is 4.37. The van der Waals surface area contributed by atoms with Gasteiger partial charge in [0.1, 0.15) is 33.4 Å². The van der Waals surface area contributed by atoms with Crippen LogP contribution in [0.3, 0.4) is 0 Å². The number of oxime groups is 1. The molecule has 0 spiro atoms. The molecule has 38 heavy (non-hydrogen) atoms. The molecule has 17 nitrogen and oxygen atoms in total. The fourth-order valence-corrected chi connectivity index (χ4v) is 6.64. The number of tetrazole rings is 1. The summed E-state index contributed by atoms with van der Waals surface area (Å²) in [5.41, 5.74) is 5.07. The number of nitrogen functional groups attached to an aromatic ring is 1. The van der Waals surface area contributed by atoms with Crippen molar-refractivity contribution in [3.8, 4) is 0 Å². The van der Waals surface area contributed by atoms with E-state index in [4.69, 9.17) is 5.73 Å². The Morgan fingerprint density at radius 3 is 2.74 bits per heavy atom. The van der Waals surface area contributed by atoms with Crippen LogP contribution in [0, 0.1) is 0 Å². The lowest BCUT2D eigenvalue weighted by Gasteiger charge is -2.49. The van der Waals surface area contributed by atoms with Crippen molar-refractivity contribution in [2.45, 2.75) is 16.4 Å². The van der Waals surface area contributed by atoms with E-state index in [-0.39, 0.29) is 44.3 Å². The number of carbonyl (C=O) groups is 4. The van der Waals surface area contributed by atoms with Gasteiger partial charge < -0.3 is 26.5 Å². The van der Waals surface area contributed by atoms with E-state index in [0.717, 1.165) is 32.6 Å². The molecule has 1 unspecified atom stereocenters. The minimum atomic E-state index is -1.34. The van der Waals surface area contributed by atoms with E-state index in [1.54, 1.807) is 0 Å². The first-order valence-corrected chi connectivity index (χ1v) is 13.2. The Hall–Kier alpha value is -4.30. The Balaban J connectivity index is 1.33. The number of anilines is 1. The minimum absolute atomic E-state index is 0.0254. The lowest BCUT2D eigenvalue weighted by Crippen LogP contribution is -2.71. The molecule has 5 heterocycles. The number of aromatic nitrogens is 6. The number of hydrogen-bond acceptors (Lipinski definition) is 15. The van der Waals surface area contributed by atoms with Crippen LogP contribution in [0.25, 0.3) is 5.65 Å². The molecule has 196 valence electrons. The Bertz CT molecular complexity index is 1570.